The third-order valence-corrected chi connectivity index (χ3v) is 6.39. The maximum Gasteiger partial charge on any atom is 0.0425 e. The summed E-state index contributed by atoms with van der Waals surface area (Å²) in [6.07, 6.45) is 3.79. The van der Waals surface area contributed by atoms with Crippen molar-refractivity contribution in [1.29, 1.82) is 0 Å². The summed E-state index contributed by atoms with van der Waals surface area (Å²) in [6.45, 7) is 17.0. The van der Waals surface area contributed by atoms with E-state index >= 15 is 0 Å². The highest BCUT2D eigenvalue weighted by Gasteiger charge is 2.50. The lowest BCUT2D eigenvalue weighted by Crippen LogP contribution is -2.66. The molecular formula is C19H39N3O2. The van der Waals surface area contributed by atoms with Gasteiger partial charge in [0.25, 0.3) is 0 Å². The van der Waals surface area contributed by atoms with Crippen molar-refractivity contribution in [1.82, 2.24) is 15.0 Å². The van der Waals surface area contributed by atoms with Crippen LogP contribution in [-0.2, 0) is 0 Å². The number of piperidine rings is 2. The van der Waals surface area contributed by atoms with Crippen molar-refractivity contribution in [2.45, 2.75) is 115 Å². The summed E-state index contributed by atoms with van der Waals surface area (Å²) in [6, 6.07) is 0.862. The second-order valence-electron chi connectivity index (χ2n) is 10.7. The molecule has 0 unspecified atom stereocenters. The molecule has 0 aromatic rings. The maximum atomic E-state index is 10.6. The van der Waals surface area contributed by atoms with Crippen LogP contribution in [0.2, 0.25) is 0 Å². The first-order chi connectivity index (χ1) is 10.6. The van der Waals surface area contributed by atoms with E-state index in [9.17, 15) is 10.4 Å². The third-order valence-electron chi connectivity index (χ3n) is 6.39. The number of nitrogens with zero attached hydrogens (tertiary/aromatic N) is 3. The Bertz CT molecular complexity index is 395. The predicted octanol–water partition coefficient (Wildman–Crippen LogP) is 3.74. The molecule has 2 aliphatic heterocycles. The molecule has 0 amide bonds. The molecule has 0 atom stereocenters. The fraction of sp³-hybridized carbons (Fsp3) is 1.00. The van der Waals surface area contributed by atoms with Gasteiger partial charge >= 0.3 is 0 Å². The Morgan fingerprint density at radius 3 is 1.04 bits per heavy atom. The predicted molar refractivity (Wildman–Crippen MR) is 97.4 cm³/mol. The second kappa shape index (κ2) is 5.92. The number of hydroxylamine groups is 4. The molecule has 0 aliphatic carbocycles. The van der Waals surface area contributed by atoms with E-state index in [1.807, 2.05) is 0 Å². The topological polar surface area (TPSA) is 50.2 Å². The van der Waals surface area contributed by atoms with E-state index < -0.39 is 0 Å². The number of hydrogen-bond donors (Lipinski definition) is 2. The largest absolute Gasteiger partial charge is 0.313 e. The Morgan fingerprint density at radius 1 is 0.625 bits per heavy atom. The fourth-order valence-corrected chi connectivity index (χ4v) is 5.31. The van der Waals surface area contributed by atoms with Gasteiger partial charge in [-0.1, -0.05) is 0 Å². The summed E-state index contributed by atoms with van der Waals surface area (Å²) < 4.78 is 0. The van der Waals surface area contributed by atoms with Crippen LogP contribution < -0.4 is 0 Å². The van der Waals surface area contributed by atoms with Crippen LogP contribution >= 0.6 is 0 Å². The quantitative estimate of drug-likeness (QED) is 0.801. The zero-order valence-electron chi connectivity index (χ0n) is 17.2. The van der Waals surface area contributed by atoms with E-state index in [4.69, 9.17) is 0 Å². The molecule has 142 valence electrons. The Labute approximate surface area is 148 Å². The van der Waals surface area contributed by atoms with Crippen LogP contribution in [0.4, 0.5) is 0 Å². The fourth-order valence-electron chi connectivity index (χ4n) is 5.31. The van der Waals surface area contributed by atoms with Gasteiger partial charge in [-0.15, -0.1) is 0 Å². The summed E-state index contributed by atoms with van der Waals surface area (Å²) in [4.78, 5) is 2.52. The van der Waals surface area contributed by atoms with Crippen LogP contribution in [-0.4, -0.2) is 66.7 Å². The zero-order valence-corrected chi connectivity index (χ0v) is 17.2. The highest BCUT2D eigenvalue weighted by atomic mass is 16.5. The first kappa shape index (κ1) is 20.1. The Morgan fingerprint density at radius 2 is 0.833 bits per heavy atom. The van der Waals surface area contributed by atoms with Crippen LogP contribution in [0.15, 0.2) is 0 Å². The first-order valence-electron chi connectivity index (χ1n) is 9.31. The molecule has 2 rings (SSSR count). The van der Waals surface area contributed by atoms with E-state index in [0.717, 1.165) is 25.7 Å². The van der Waals surface area contributed by atoms with E-state index in [1.54, 1.807) is 10.1 Å². The molecule has 0 spiro atoms. The molecule has 0 aromatic carbocycles. The summed E-state index contributed by atoms with van der Waals surface area (Å²) in [5.74, 6) is 0. The van der Waals surface area contributed by atoms with Crippen molar-refractivity contribution in [3.63, 3.8) is 0 Å². The summed E-state index contributed by atoms with van der Waals surface area (Å²) in [5.41, 5.74) is -0.931. The SMILES string of the molecule is CN(C1CC(C)(C)N(O)C(C)(C)C1)C1CC(C)(C)N(O)C(C)(C)C1. The normalized spacial score (nSPS) is 31.5. The van der Waals surface area contributed by atoms with Crippen LogP contribution in [0.25, 0.3) is 0 Å². The maximum absolute atomic E-state index is 10.6. The second-order valence-corrected chi connectivity index (χ2v) is 10.7. The summed E-state index contributed by atoms with van der Waals surface area (Å²) >= 11 is 0. The van der Waals surface area contributed by atoms with Gasteiger partial charge in [0.15, 0.2) is 0 Å². The first-order valence-corrected chi connectivity index (χ1v) is 9.31. The van der Waals surface area contributed by atoms with Crippen LogP contribution in [0.3, 0.4) is 0 Å². The molecule has 5 heteroatoms. The van der Waals surface area contributed by atoms with Gasteiger partial charge in [-0.2, -0.15) is 10.1 Å². The van der Waals surface area contributed by atoms with E-state index in [0.29, 0.717) is 12.1 Å². The highest BCUT2D eigenvalue weighted by molar-refractivity contribution is 5.03. The van der Waals surface area contributed by atoms with Gasteiger partial charge in [0, 0.05) is 34.2 Å². The van der Waals surface area contributed by atoms with Crippen molar-refractivity contribution in [2.75, 3.05) is 7.05 Å². The average Bonchev–Trinajstić information content (AvgIpc) is 2.39. The van der Waals surface area contributed by atoms with E-state index in [1.165, 1.54) is 0 Å². The minimum Gasteiger partial charge on any atom is -0.313 e. The Hall–Kier alpha value is -0.200. The standard InChI is InChI=1S/C19H39N3O2/c1-16(2)10-14(11-17(3,4)21(16)23)20(9)15-12-18(5,6)22(24)19(7,8)13-15/h14-15,23-24H,10-13H2,1-9H3. The smallest absolute Gasteiger partial charge is 0.0425 e. The molecule has 2 N–H and O–H groups in total. The molecule has 2 fully saturated rings. The minimum atomic E-state index is -0.233. The molecule has 2 heterocycles. The Kier molecular flexibility index (Phi) is 4.96. The van der Waals surface area contributed by atoms with Gasteiger partial charge in [-0.25, -0.2) is 0 Å². The average molecular weight is 342 g/mol. The van der Waals surface area contributed by atoms with Gasteiger partial charge in [0.05, 0.1) is 0 Å². The molecule has 0 saturated carbocycles. The van der Waals surface area contributed by atoms with E-state index in [2.05, 4.69) is 67.3 Å². The van der Waals surface area contributed by atoms with Crippen LogP contribution in [0, 0.1) is 0 Å². The molecule has 2 saturated heterocycles. The minimum absolute atomic E-state index is 0.233. The lowest BCUT2D eigenvalue weighted by atomic mass is 9.75. The molecule has 0 bridgehead atoms. The summed E-state index contributed by atoms with van der Waals surface area (Å²) in [7, 11) is 2.23. The van der Waals surface area contributed by atoms with Gasteiger partial charge < -0.3 is 15.3 Å². The monoisotopic (exact) mass is 341 g/mol. The summed E-state index contributed by atoms with van der Waals surface area (Å²) in [5, 5.41) is 24.2. The third kappa shape index (κ3) is 3.51. The molecular weight excluding hydrogens is 302 g/mol. The lowest BCUT2D eigenvalue weighted by molar-refractivity contribution is -0.264. The highest BCUT2D eigenvalue weighted by Crippen LogP contribution is 2.43. The molecule has 2 aliphatic rings. The van der Waals surface area contributed by atoms with Gasteiger partial charge in [-0.05, 0) is 88.1 Å². The molecule has 5 nitrogen and oxygen atoms in total. The van der Waals surface area contributed by atoms with Crippen LogP contribution in [0.5, 0.6) is 0 Å². The molecule has 0 radical (unpaired) electrons. The van der Waals surface area contributed by atoms with Gasteiger partial charge in [0.1, 0.15) is 0 Å². The Balaban J connectivity index is 2.21. The zero-order chi connectivity index (χ0) is 18.7. The van der Waals surface area contributed by atoms with Gasteiger partial charge in [0.2, 0.25) is 0 Å². The number of hydrogen-bond acceptors (Lipinski definition) is 5. The molecule has 24 heavy (non-hydrogen) atoms. The van der Waals surface area contributed by atoms with Crippen LogP contribution in [0.1, 0.15) is 81.1 Å². The van der Waals surface area contributed by atoms with Gasteiger partial charge in [-0.3, -0.25) is 0 Å². The van der Waals surface area contributed by atoms with Crippen molar-refractivity contribution < 1.29 is 10.4 Å². The van der Waals surface area contributed by atoms with Crippen molar-refractivity contribution in [3.8, 4) is 0 Å². The number of rotatable bonds is 2. The van der Waals surface area contributed by atoms with E-state index in [-0.39, 0.29) is 22.2 Å². The van der Waals surface area contributed by atoms with Crippen molar-refractivity contribution in [3.05, 3.63) is 0 Å². The van der Waals surface area contributed by atoms with Crippen molar-refractivity contribution in [2.24, 2.45) is 0 Å². The molecule has 0 aromatic heterocycles. The lowest BCUT2D eigenvalue weighted by Gasteiger charge is -2.57. The van der Waals surface area contributed by atoms with Crippen molar-refractivity contribution >= 4 is 0 Å².